The fourth-order valence-electron chi connectivity index (χ4n) is 3.22. The molecule has 2 amide bonds. The lowest BCUT2D eigenvalue weighted by molar-refractivity contribution is -0.126. The van der Waals surface area contributed by atoms with Crippen LogP contribution in [0, 0.1) is 27.7 Å². The lowest BCUT2D eigenvalue weighted by Gasteiger charge is -2.12. The smallest absolute Gasteiger partial charge is 0.355 e. The maximum Gasteiger partial charge on any atom is 0.355 e. The second-order valence-electron chi connectivity index (χ2n) is 7.01. The third-order valence-electron chi connectivity index (χ3n) is 4.64. The zero-order chi connectivity index (χ0) is 21.7. The van der Waals surface area contributed by atoms with Crippen LogP contribution in [-0.2, 0) is 14.3 Å². The van der Waals surface area contributed by atoms with Crippen molar-refractivity contribution in [1.82, 2.24) is 10.3 Å². The number of hydrogen-bond donors (Lipinski definition) is 4. The molecule has 4 N–H and O–H groups in total. The number of aliphatic hydroxyl groups excluding tert-OH is 1. The van der Waals surface area contributed by atoms with Crippen LogP contribution in [0.1, 0.15) is 51.5 Å². The number of ether oxygens (including phenoxy) is 1. The van der Waals surface area contributed by atoms with Crippen LogP contribution >= 0.6 is 0 Å². The van der Waals surface area contributed by atoms with Gasteiger partial charge in [0.25, 0.3) is 5.91 Å². The van der Waals surface area contributed by atoms with E-state index in [1.165, 1.54) is 0 Å². The fourth-order valence-corrected chi connectivity index (χ4v) is 3.22. The van der Waals surface area contributed by atoms with E-state index >= 15 is 0 Å². The number of H-pyrrole nitrogens is 1. The van der Waals surface area contributed by atoms with E-state index in [1.54, 1.807) is 20.8 Å². The zero-order valence-electron chi connectivity index (χ0n) is 17.3. The minimum Gasteiger partial charge on any atom is -0.451 e. The normalized spacial score (nSPS) is 11.7. The van der Waals surface area contributed by atoms with Crippen molar-refractivity contribution in [2.24, 2.45) is 0 Å². The first kappa shape index (κ1) is 22.2. The average molecular weight is 401 g/mol. The number of esters is 1. The molecular formula is C21H27N3O5. The lowest BCUT2D eigenvalue weighted by Crippen LogP contribution is -2.35. The minimum atomic E-state index is -0.730. The molecule has 1 heterocycles. The molecule has 1 atom stereocenters. The summed E-state index contributed by atoms with van der Waals surface area (Å²) in [4.78, 5) is 39.1. The maximum atomic E-state index is 12.2. The Labute approximate surface area is 169 Å². The summed E-state index contributed by atoms with van der Waals surface area (Å²) in [5, 5.41) is 15.0. The Bertz CT molecular complexity index is 910. The minimum absolute atomic E-state index is 0.193. The van der Waals surface area contributed by atoms with Crippen LogP contribution in [0.15, 0.2) is 18.2 Å². The number of anilines is 1. The number of amides is 2. The third-order valence-corrected chi connectivity index (χ3v) is 4.64. The van der Waals surface area contributed by atoms with Gasteiger partial charge in [0.05, 0.1) is 12.6 Å². The maximum absolute atomic E-state index is 12.2. The first-order valence-corrected chi connectivity index (χ1v) is 9.28. The van der Waals surface area contributed by atoms with Crippen LogP contribution < -0.4 is 10.6 Å². The molecule has 2 aromatic rings. The molecule has 1 aromatic carbocycles. The molecular weight excluding hydrogens is 374 g/mol. The molecule has 0 unspecified atom stereocenters. The second-order valence-corrected chi connectivity index (χ2v) is 7.01. The largest absolute Gasteiger partial charge is 0.451 e. The van der Waals surface area contributed by atoms with Gasteiger partial charge in [0.2, 0.25) is 5.91 Å². The molecule has 8 nitrogen and oxygen atoms in total. The molecule has 156 valence electrons. The van der Waals surface area contributed by atoms with E-state index in [9.17, 15) is 19.5 Å². The van der Waals surface area contributed by atoms with Crippen molar-refractivity contribution in [1.29, 1.82) is 0 Å². The monoisotopic (exact) mass is 401 g/mol. The summed E-state index contributed by atoms with van der Waals surface area (Å²) in [7, 11) is 0. The molecule has 2 rings (SSSR count). The van der Waals surface area contributed by atoms with Crippen LogP contribution in [0.3, 0.4) is 0 Å². The molecule has 0 fully saturated rings. The fraction of sp³-hybridized carbons (Fsp3) is 0.381. The number of carbonyl (C=O) groups excluding carboxylic acids is 3. The number of para-hydroxylation sites is 1. The Balaban J connectivity index is 1.85. The van der Waals surface area contributed by atoms with Crippen LogP contribution in [0.25, 0.3) is 0 Å². The SMILES string of the molecule is Cc1cccc(C)c1NC(=O)CNC(=O)COC(=O)c1[nH]c(C)c([C@@H](C)O)c1C. The predicted octanol–water partition coefficient (Wildman–Crippen LogP) is 2.21. The quantitative estimate of drug-likeness (QED) is 0.530. The molecule has 0 saturated carbocycles. The van der Waals surface area contributed by atoms with Gasteiger partial charge in [-0.1, -0.05) is 18.2 Å². The van der Waals surface area contributed by atoms with Gasteiger partial charge in [-0.2, -0.15) is 0 Å². The Morgan fingerprint density at radius 3 is 2.28 bits per heavy atom. The molecule has 0 radical (unpaired) electrons. The molecule has 0 aliphatic carbocycles. The summed E-state index contributed by atoms with van der Waals surface area (Å²) in [6.45, 7) is 8.05. The van der Waals surface area contributed by atoms with Crippen molar-refractivity contribution < 1.29 is 24.2 Å². The molecule has 29 heavy (non-hydrogen) atoms. The Hall–Kier alpha value is -3.13. The number of aromatic nitrogens is 1. The van der Waals surface area contributed by atoms with Gasteiger partial charge in [-0.05, 0) is 51.3 Å². The first-order chi connectivity index (χ1) is 13.6. The third kappa shape index (κ3) is 5.45. The number of carbonyl (C=O) groups is 3. The standard InChI is InChI=1S/C21H27N3O5/c1-11-7-6-8-12(2)19(11)24-16(26)9-22-17(27)10-29-21(28)20-13(3)18(15(5)25)14(4)23-20/h6-8,15,23,25H,9-10H2,1-5H3,(H,22,27)(H,24,26)/t15-/m1/s1. The summed E-state index contributed by atoms with van der Waals surface area (Å²) in [5.74, 6) is -1.67. The number of hydrogen-bond acceptors (Lipinski definition) is 5. The van der Waals surface area contributed by atoms with E-state index in [1.807, 2.05) is 32.0 Å². The number of aromatic amines is 1. The van der Waals surface area contributed by atoms with Gasteiger partial charge in [-0.15, -0.1) is 0 Å². The van der Waals surface area contributed by atoms with Crippen molar-refractivity contribution in [2.45, 2.75) is 40.7 Å². The Kier molecular flexibility index (Phi) is 7.17. The Morgan fingerprint density at radius 1 is 1.10 bits per heavy atom. The van der Waals surface area contributed by atoms with Crippen molar-refractivity contribution in [3.63, 3.8) is 0 Å². The summed E-state index contributed by atoms with van der Waals surface area (Å²) in [6.07, 6.45) is -0.730. The predicted molar refractivity (Wildman–Crippen MR) is 109 cm³/mol. The van der Waals surface area contributed by atoms with E-state index in [2.05, 4.69) is 15.6 Å². The van der Waals surface area contributed by atoms with Gasteiger partial charge >= 0.3 is 5.97 Å². The van der Waals surface area contributed by atoms with Crippen molar-refractivity contribution in [3.8, 4) is 0 Å². The molecule has 0 bridgehead atoms. The van der Waals surface area contributed by atoms with Crippen LogP contribution in [0.5, 0.6) is 0 Å². The number of aliphatic hydroxyl groups is 1. The molecule has 8 heteroatoms. The molecule has 1 aromatic heterocycles. The number of aryl methyl sites for hydroxylation is 3. The summed E-state index contributed by atoms with van der Waals surface area (Å²) >= 11 is 0. The zero-order valence-corrected chi connectivity index (χ0v) is 17.3. The molecule has 0 spiro atoms. The average Bonchev–Trinajstić information content (AvgIpc) is 2.95. The van der Waals surface area contributed by atoms with Gasteiger partial charge in [-0.3, -0.25) is 9.59 Å². The van der Waals surface area contributed by atoms with Gasteiger partial charge < -0.3 is 25.5 Å². The first-order valence-electron chi connectivity index (χ1n) is 9.28. The summed E-state index contributed by atoms with van der Waals surface area (Å²) < 4.78 is 5.01. The van der Waals surface area contributed by atoms with Crippen molar-refractivity contribution in [2.75, 3.05) is 18.5 Å². The van der Waals surface area contributed by atoms with Crippen molar-refractivity contribution >= 4 is 23.5 Å². The molecule has 0 aliphatic heterocycles. The van der Waals surface area contributed by atoms with Crippen LogP contribution in [-0.4, -0.2) is 41.0 Å². The van der Waals surface area contributed by atoms with E-state index < -0.39 is 24.6 Å². The van der Waals surface area contributed by atoms with E-state index in [-0.39, 0.29) is 18.1 Å². The molecule has 0 aliphatic rings. The highest BCUT2D eigenvalue weighted by Crippen LogP contribution is 2.24. The van der Waals surface area contributed by atoms with Gasteiger partial charge in [-0.25, -0.2) is 4.79 Å². The summed E-state index contributed by atoms with van der Waals surface area (Å²) in [6, 6.07) is 5.66. The van der Waals surface area contributed by atoms with Crippen LogP contribution in [0.4, 0.5) is 5.69 Å². The van der Waals surface area contributed by atoms with E-state index in [0.29, 0.717) is 22.5 Å². The van der Waals surface area contributed by atoms with Gasteiger partial charge in [0.1, 0.15) is 5.69 Å². The van der Waals surface area contributed by atoms with Gasteiger partial charge in [0, 0.05) is 16.9 Å². The number of nitrogens with one attached hydrogen (secondary N) is 3. The van der Waals surface area contributed by atoms with Crippen molar-refractivity contribution in [3.05, 3.63) is 51.8 Å². The highest BCUT2D eigenvalue weighted by molar-refractivity contribution is 5.96. The molecule has 0 saturated heterocycles. The number of benzene rings is 1. The van der Waals surface area contributed by atoms with E-state index in [4.69, 9.17) is 4.74 Å². The highest BCUT2D eigenvalue weighted by Gasteiger charge is 2.21. The lowest BCUT2D eigenvalue weighted by atomic mass is 10.1. The van der Waals surface area contributed by atoms with Crippen LogP contribution in [0.2, 0.25) is 0 Å². The summed E-state index contributed by atoms with van der Waals surface area (Å²) in [5.41, 5.74) is 4.62. The second kappa shape index (κ2) is 9.38. The van der Waals surface area contributed by atoms with Gasteiger partial charge in [0.15, 0.2) is 6.61 Å². The Morgan fingerprint density at radius 2 is 1.72 bits per heavy atom. The van der Waals surface area contributed by atoms with E-state index in [0.717, 1.165) is 11.1 Å². The highest BCUT2D eigenvalue weighted by atomic mass is 16.5. The topological polar surface area (TPSA) is 121 Å². The number of rotatable bonds is 7.